The summed E-state index contributed by atoms with van der Waals surface area (Å²) in [5.74, 6) is 0.658. The van der Waals surface area contributed by atoms with E-state index in [1.54, 1.807) is 0 Å². The molecule has 2 saturated heterocycles. The fourth-order valence-corrected chi connectivity index (χ4v) is 2.93. The highest BCUT2D eigenvalue weighted by Crippen LogP contribution is 2.20. The highest BCUT2D eigenvalue weighted by atomic mass is 16.5. The van der Waals surface area contributed by atoms with E-state index in [-0.39, 0.29) is 11.9 Å². The fraction of sp³-hybridized carbons (Fsp3) is 0.882. The molecule has 2 aliphatic rings. The molecule has 0 bridgehead atoms. The largest absolute Gasteiger partial charge is 0.466 e. The van der Waals surface area contributed by atoms with Gasteiger partial charge in [0.05, 0.1) is 13.2 Å². The molecule has 2 unspecified atom stereocenters. The summed E-state index contributed by atoms with van der Waals surface area (Å²) in [4.78, 5) is 22.3. The first-order valence-electron chi connectivity index (χ1n) is 8.71. The Morgan fingerprint density at radius 2 is 1.26 bits per heavy atom. The number of cyclic esters (lactones) is 2. The second kappa shape index (κ2) is 10.6. The number of ether oxygens (including phenoxy) is 4. The first kappa shape index (κ1) is 18.2. The van der Waals surface area contributed by atoms with Crippen molar-refractivity contribution < 1.29 is 28.5 Å². The minimum Gasteiger partial charge on any atom is -0.466 e. The van der Waals surface area contributed by atoms with Crippen LogP contribution in [-0.4, -0.2) is 51.6 Å². The van der Waals surface area contributed by atoms with Gasteiger partial charge in [-0.05, 0) is 43.9 Å². The van der Waals surface area contributed by atoms with Crippen LogP contribution in [0.1, 0.15) is 44.9 Å². The maximum Gasteiger partial charge on any atom is 0.306 e. The monoisotopic (exact) mass is 328 g/mol. The van der Waals surface area contributed by atoms with Crippen LogP contribution in [0.15, 0.2) is 0 Å². The van der Waals surface area contributed by atoms with E-state index in [1.807, 2.05) is 0 Å². The number of hydrogen-bond donors (Lipinski definition) is 0. The van der Waals surface area contributed by atoms with Gasteiger partial charge < -0.3 is 18.9 Å². The van der Waals surface area contributed by atoms with Crippen molar-refractivity contribution in [2.24, 2.45) is 11.8 Å². The third-order valence-electron chi connectivity index (χ3n) is 4.41. The molecule has 132 valence electrons. The molecular formula is C17H28O6. The van der Waals surface area contributed by atoms with Gasteiger partial charge >= 0.3 is 11.9 Å². The summed E-state index contributed by atoms with van der Waals surface area (Å²) in [6, 6.07) is 0. The van der Waals surface area contributed by atoms with Gasteiger partial charge in [0.2, 0.25) is 0 Å². The molecule has 0 saturated carbocycles. The summed E-state index contributed by atoms with van der Waals surface area (Å²) in [6.45, 7) is 3.87. The van der Waals surface area contributed by atoms with Crippen molar-refractivity contribution in [2.45, 2.75) is 44.9 Å². The van der Waals surface area contributed by atoms with E-state index in [0.29, 0.717) is 64.3 Å². The number of rotatable bonds is 10. The van der Waals surface area contributed by atoms with Gasteiger partial charge in [-0.2, -0.15) is 0 Å². The van der Waals surface area contributed by atoms with Crippen LogP contribution in [0.3, 0.4) is 0 Å². The molecule has 6 heteroatoms. The van der Waals surface area contributed by atoms with E-state index < -0.39 is 0 Å². The molecule has 0 radical (unpaired) electrons. The van der Waals surface area contributed by atoms with Crippen molar-refractivity contribution in [3.05, 3.63) is 0 Å². The lowest BCUT2D eigenvalue weighted by molar-refractivity contribution is -0.150. The number of carbonyl (C=O) groups is 2. The molecule has 0 spiro atoms. The Labute approximate surface area is 137 Å². The van der Waals surface area contributed by atoms with Gasteiger partial charge in [0.25, 0.3) is 0 Å². The minimum absolute atomic E-state index is 0.0825. The van der Waals surface area contributed by atoms with Crippen LogP contribution < -0.4 is 0 Å². The first-order valence-corrected chi connectivity index (χ1v) is 8.71. The molecule has 23 heavy (non-hydrogen) atoms. The van der Waals surface area contributed by atoms with Gasteiger partial charge in [-0.3, -0.25) is 9.59 Å². The van der Waals surface area contributed by atoms with Gasteiger partial charge in [0.1, 0.15) is 0 Å². The van der Waals surface area contributed by atoms with Crippen LogP contribution in [0.5, 0.6) is 0 Å². The van der Waals surface area contributed by atoms with Crippen molar-refractivity contribution in [3.63, 3.8) is 0 Å². The SMILES string of the molecule is O=C1CC(CCOCCCOCCC2CCOC(=O)C2)CCO1. The molecule has 0 amide bonds. The average molecular weight is 328 g/mol. The molecule has 0 aromatic heterocycles. The second-order valence-electron chi connectivity index (χ2n) is 6.31. The van der Waals surface area contributed by atoms with Crippen molar-refractivity contribution in [1.82, 2.24) is 0 Å². The lowest BCUT2D eigenvalue weighted by Crippen LogP contribution is -2.22. The van der Waals surface area contributed by atoms with Crippen LogP contribution in [0.2, 0.25) is 0 Å². The number of carbonyl (C=O) groups excluding carboxylic acids is 2. The highest BCUT2D eigenvalue weighted by Gasteiger charge is 2.21. The van der Waals surface area contributed by atoms with Crippen LogP contribution >= 0.6 is 0 Å². The third kappa shape index (κ3) is 7.79. The standard InChI is InChI=1S/C17H28O6/c18-16-12-14(4-10-22-16)2-8-20-6-1-7-21-9-3-15-5-11-23-17(19)13-15/h14-15H,1-13H2. The Bertz CT molecular complexity index is 336. The summed E-state index contributed by atoms with van der Waals surface area (Å²) >= 11 is 0. The summed E-state index contributed by atoms with van der Waals surface area (Å²) < 4.78 is 21.0. The lowest BCUT2D eigenvalue weighted by Gasteiger charge is -2.21. The molecule has 2 heterocycles. The van der Waals surface area contributed by atoms with Gasteiger partial charge in [0.15, 0.2) is 0 Å². The highest BCUT2D eigenvalue weighted by molar-refractivity contribution is 5.70. The lowest BCUT2D eigenvalue weighted by atomic mass is 9.97. The van der Waals surface area contributed by atoms with Crippen LogP contribution in [0.25, 0.3) is 0 Å². The third-order valence-corrected chi connectivity index (χ3v) is 4.41. The minimum atomic E-state index is -0.0825. The van der Waals surface area contributed by atoms with Crippen molar-refractivity contribution in [3.8, 4) is 0 Å². The Balaban J connectivity index is 1.35. The molecule has 2 aliphatic heterocycles. The van der Waals surface area contributed by atoms with Crippen LogP contribution in [0.4, 0.5) is 0 Å². The van der Waals surface area contributed by atoms with Crippen LogP contribution in [0, 0.1) is 11.8 Å². The van der Waals surface area contributed by atoms with E-state index in [1.165, 1.54) is 0 Å². The quantitative estimate of drug-likeness (QED) is 0.452. The zero-order valence-corrected chi connectivity index (χ0v) is 13.8. The molecular weight excluding hydrogens is 300 g/mol. The fourth-order valence-electron chi connectivity index (χ4n) is 2.93. The van der Waals surface area contributed by atoms with Gasteiger partial charge in [-0.15, -0.1) is 0 Å². The predicted octanol–water partition coefficient (Wildman–Crippen LogP) is 2.10. The van der Waals surface area contributed by atoms with E-state index in [4.69, 9.17) is 18.9 Å². The maximum absolute atomic E-state index is 11.1. The predicted molar refractivity (Wildman–Crippen MR) is 82.9 cm³/mol. The Morgan fingerprint density at radius 1 is 0.783 bits per heavy atom. The smallest absolute Gasteiger partial charge is 0.306 e. The van der Waals surface area contributed by atoms with E-state index in [9.17, 15) is 9.59 Å². The number of hydrogen-bond acceptors (Lipinski definition) is 6. The Kier molecular flexibility index (Phi) is 8.39. The summed E-state index contributed by atoms with van der Waals surface area (Å²) in [5, 5.41) is 0. The zero-order valence-electron chi connectivity index (χ0n) is 13.8. The van der Waals surface area contributed by atoms with Gasteiger partial charge in [0, 0.05) is 39.3 Å². The van der Waals surface area contributed by atoms with Gasteiger partial charge in [-0.25, -0.2) is 0 Å². The second-order valence-corrected chi connectivity index (χ2v) is 6.31. The molecule has 6 nitrogen and oxygen atoms in total. The molecule has 0 aromatic carbocycles. The van der Waals surface area contributed by atoms with E-state index in [0.717, 1.165) is 32.1 Å². The summed E-state index contributed by atoms with van der Waals surface area (Å²) in [7, 11) is 0. The Morgan fingerprint density at radius 3 is 1.70 bits per heavy atom. The molecule has 2 rings (SSSR count). The van der Waals surface area contributed by atoms with E-state index in [2.05, 4.69) is 0 Å². The normalized spacial score (nSPS) is 25.0. The topological polar surface area (TPSA) is 71.1 Å². The van der Waals surface area contributed by atoms with Crippen LogP contribution in [-0.2, 0) is 28.5 Å². The molecule has 2 atom stereocenters. The van der Waals surface area contributed by atoms with Gasteiger partial charge in [-0.1, -0.05) is 0 Å². The molecule has 0 aliphatic carbocycles. The maximum atomic E-state index is 11.1. The Hall–Kier alpha value is -1.14. The molecule has 0 aromatic rings. The molecule has 0 N–H and O–H groups in total. The van der Waals surface area contributed by atoms with Crippen molar-refractivity contribution in [1.29, 1.82) is 0 Å². The van der Waals surface area contributed by atoms with Crippen molar-refractivity contribution in [2.75, 3.05) is 39.6 Å². The van der Waals surface area contributed by atoms with Crippen molar-refractivity contribution >= 4 is 11.9 Å². The zero-order chi connectivity index (χ0) is 16.3. The first-order chi connectivity index (χ1) is 11.2. The number of esters is 2. The average Bonchev–Trinajstić information content (AvgIpc) is 2.53. The summed E-state index contributed by atoms with van der Waals surface area (Å²) in [5.41, 5.74) is 0. The molecule has 2 fully saturated rings. The van der Waals surface area contributed by atoms with E-state index >= 15 is 0 Å². The summed E-state index contributed by atoms with van der Waals surface area (Å²) in [6.07, 6.45) is 5.68.